The summed E-state index contributed by atoms with van der Waals surface area (Å²) in [5.41, 5.74) is 2.00. The molecule has 2 rings (SSSR count). The molecule has 2 aliphatic carbocycles. The van der Waals surface area contributed by atoms with Crippen molar-refractivity contribution in [2.24, 2.45) is 11.3 Å². The van der Waals surface area contributed by atoms with E-state index in [2.05, 4.69) is 19.1 Å². The summed E-state index contributed by atoms with van der Waals surface area (Å²) in [7, 11) is 0. The van der Waals surface area contributed by atoms with Crippen LogP contribution in [0.4, 0.5) is 0 Å². The number of fused-ring (bicyclic) bond motifs is 2. The Labute approximate surface area is 80.4 Å². The van der Waals surface area contributed by atoms with E-state index in [0.717, 1.165) is 6.42 Å². The highest BCUT2D eigenvalue weighted by Gasteiger charge is 2.37. The quantitative estimate of drug-likeness (QED) is 0.560. The van der Waals surface area contributed by atoms with Gasteiger partial charge >= 0.3 is 0 Å². The first-order chi connectivity index (χ1) is 6.24. The molecule has 0 radical (unpaired) electrons. The molecule has 2 atom stereocenters. The van der Waals surface area contributed by atoms with E-state index in [9.17, 15) is 0 Å². The Kier molecular flexibility index (Phi) is 2.15. The van der Waals surface area contributed by atoms with Crippen LogP contribution in [0.5, 0.6) is 0 Å². The third kappa shape index (κ3) is 1.63. The number of nitriles is 1. The standard InChI is InChI=1S/C12H17N/c1-10-7-11-3-2-4-12(8-10,9-11)5-6-13/h7,10H,2-5,8-9H2,1H3. The summed E-state index contributed by atoms with van der Waals surface area (Å²) in [5, 5.41) is 8.84. The molecule has 2 aliphatic rings. The van der Waals surface area contributed by atoms with Crippen molar-refractivity contribution in [2.75, 3.05) is 0 Å². The molecular formula is C12H17N. The molecule has 0 aromatic carbocycles. The third-order valence-corrected chi connectivity index (χ3v) is 3.54. The molecule has 0 N–H and O–H groups in total. The number of allylic oxidation sites excluding steroid dienone is 2. The van der Waals surface area contributed by atoms with E-state index in [-0.39, 0.29) is 0 Å². The predicted molar refractivity (Wildman–Crippen MR) is 53.0 cm³/mol. The number of nitrogens with zero attached hydrogens (tertiary/aromatic N) is 1. The maximum atomic E-state index is 8.84. The second-order valence-electron chi connectivity index (χ2n) is 4.87. The zero-order valence-electron chi connectivity index (χ0n) is 8.34. The lowest BCUT2D eigenvalue weighted by Gasteiger charge is -2.42. The third-order valence-electron chi connectivity index (χ3n) is 3.54. The number of hydrogen-bond acceptors (Lipinski definition) is 1. The van der Waals surface area contributed by atoms with Gasteiger partial charge in [0.25, 0.3) is 0 Å². The fourth-order valence-electron chi connectivity index (χ4n) is 3.20. The van der Waals surface area contributed by atoms with Gasteiger partial charge in [0.15, 0.2) is 0 Å². The molecule has 0 spiro atoms. The van der Waals surface area contributed by atoms with Crippen molar-refractivity contribution in [1.29, 1.82) is 5.26 Å². The van der Waals surface area contributed by atoms with E-state index in [4.69, 9.17) is 5.26 Å². The molecule has 1 saturated carbocycles. The normalized spacial score (nSPS) is 37.8. The molecule has 0 aliphatic heterocycles. The molecule has 70 valence electrons. The Hall–Kier alpha value is -0.770. The molecule has 0 heterocycles. The molecular weight excluding hydrogens is 158 g/mol. The van der Waals surface area contributed by atoms with Crippen LogP contribution in [0.3, 0.4) is 0 Å². The van der Waals surface area contributed by atoms with E-state index in [0.29, 0.717) is 11.3 Å². The van der Waals surface area contributed by atoms with Crippen LogP contribution in [0.15, 0.2) is 11.6 Å². The number of hydrogen-bond donors (Lipinski definition) is 0. The second kappa shape index (κ2) is 3.18. The van der Waals surface area contributed by atoms with Gasteiger partial charge in [0.1, 0.15) is 0 Å². The van der Waals surface area contributed by atoms with Gasteiger partial charge in [-0.25, -0.2) is 0 Å². The smallest absolute Gasteiger partial charge is 0.0627 e. The molecule has 2 bridgehead atoms. The summed E-state index contributed by atoms with van der Waals surface area (Å²) in [6, 6.07) is 2.38. The minimum absolute atomic E-state index is 0.372. The van der Waals surface area contributed by atoms with Crippen LogP contribution in [0, 0.1) is 22.7 Å². The summed E-state index contributed by atoms with van der Waals surface area (Å²) in [5.74, 6) is 0.706. The zero-order chi connectivity index (χ0) is 9.31. The summed E-state index contributed by atoms with van der Waals surface area (Å²) in [4.78, 5) is 0. The van der Waals surface area contributed by atoms with Gasteiger partial charge in [0.2, 0.25) is 0 Å². The van der Waals surface area contributed by atoms with Gasteiger partial charge in [-0.1, -0.05) is 18.6 Å². The van der Waals surface area contributed by atoms with Gasteiger partial charge in [0.05, 0.1) is 6.07 Å². The number of rotatable bonds is 1. The van der Waals surface area contributed by atoms with Gasteiger partial charge in [-0.15, -0.1) is 0 Å². The fourth-order valence-corrected chi connectivity index (χ4v) is 3.20. The van der Waals surface area contributed by atoms with Gasteiger partial charge in [-0.3, -0.25) is 0 Å². The molecule has 0 aromatic heterocycles. The Morgan fingerprint density at radius 2 is 2.54 bits per heavy atom. The second-order valence-corrected chi connectivity index (χ2v) is 4.87. The highest BCUT2D eigenvalue weighted by atomic mass is 14.4. The van der Waals surface area contributed by atoms with Crippen LogP contribution in [0.2, 0.25) is 0 Å². The minimum atomic E-state index is 0.372. The van der Waals surface area contributed by atoms with Crippen LogP contribution in [-0.4, -0.2) is 0 Å². The van der Waals surface area contributed by atoms with E-state index in [1.165, 1.54) is 32.1 Å². The van der Waals surface area contributed by atoms with Crippen LogP contribution in [-0.2, 0) is 0 Å². The highest BCUT2D eigenvalue weighted by molar-refractivity contribution is 5.16. The SMILES string of the molecule is CC1C=C2CCCC(CC#N)(C2)C1. The van der Waals surface area contributed by atoms with Gasteiger partial charge in [-0.2, -0.15) is 5.26 Å². The maximum absolute atomic E-state index is 8.84. The van der Waals surface area contributed by atoms with Crippen LogP contribution in [0.25, 0.3) is 0 Å². The average Bonchev–Trinajstić information content (AvgIpc) is 2.02. The molecule has 0 saturated heterocycles. The van der Waals surface area contributed by atoms with Crippen molar-refractivity contribution in [3.8, 4) is 6.07 Å². The summed E-state index contributed by atoms with van der Waals surface area (Å²) in [6.45, 7) is 2.29. The first-order valence-electron chi connectivity index (χ1n) is 5.31. The van der Waals surface area contributed by atoms with Gasteiger partial charge in [0, 0.05) is 6.42 Å². The van der Waals surface area contributed by atoms with Crippen molar-refractivity contribution in [3.05, 3.63) is 11.6 Å². The van der Waals surface area contributed by atoms with Gasteiger partial charge in [-0.05, 0) is 43.4 Å². The van der Waals surface area contributed by atoms with Crippen LogP contribution >= 0.6 is 0 Å². The summed E-state index contributed by atoms with van der Waals surface area (Å²) in [6.07, 6.45) is 9.54. The minimum Gasteiger partial charge on any atom is -0.198 e. The first-order valence-corrected chi connectivity index (χ1v) is 5.31. The maximum Gasteiger partial charge on any atom is 0.0627 e. The van der Waals surface area contributed by atoms with Crippen molar-refractivity contribution in [2.45, 2.75) is 45.4 Å². The molecule has 2 unspecified atom stereocenters. The highest BCUT2D eigenvalue weighted by Crippen LogP contribution is 2.49. The molecule has 13 heavy (non-hydrogen) atoms. The van der Waals surface area contributed by atoms with Crippen molar-refractivity contribution >= 4 is 0 Å². The van der Waals surface area contributed by atoms with Crippen LogP contribution < -0.4 is 0 Å². The van der Waals surface area contributed by atoms with Crippen molar-refractivity contribution < 1.29 is 0 Å². The molecule has 0 amide bonds. The first kappa shape index (κ1) is 8.81. The molecule has 1 nitrogen and oxygen atoms in total. The lowest BCUT2D eigenvalue weighted by atomic mass is 9.62. The topological polar surface area (TPSA) is 23.8 Å². The van der Waals surface area contributed by atoms with E-state index in [1.54, 1.807) is 5.57 Å². The largest absolute Gasteiger partial charge is 0.198 e. The van der Waals surface area contributed by atoms with E-state index in [1.807, 2.05) is 0 Å². The molecule has 1 fully saturated rings. The van der Waals surface area contributed by atoms with E-state index < -0.39 is 0 Å². The van der Waals surface area contributed by atoms with E-state index >= 15 is 0 Å². The Balaban J connectivity index is 2.22. The van der Waals surface area contributed by atoms with Crippen LogP contribution in [0.1, 0.15) is 45.4 Å². The summed E-state index contributed by atoms with van der Waals surface area (Å²) >= 11 is 0. The van der Waals surface area contributed by atoms with Gasteiger partial charge < -0.3 is 0 Å². The Bertz CT molecular complexity index is 271. The monoisotopic (exact) mass is 175 g/mol. The van der Waals surface area contributed by atoms with Crippen molar-refractivity contribution in [3.63, 3.8) is 0 Å². The lowest BCUT2D eigenvalue weighted by molar-refractivity contribution is 0.176. The fraction of sp³-hybridized carbons (Fsp3) is 0.750. The lowest BCUT2D eigenvalue weighted by Crippen LogP contribution is -2.30. The predicted octanol–water partition coefficient (Wildman–Crippen LogP) is 3.43. The average molecular weight is 175 g/mol. The van der Waals surface area contributed by atoms with Crippen molar-refractivity contribution in [1.82, 2.24) is 0 Å². The summed E-state index contributed by atoms with van der Waals surface area (Å²) < 4.78 is 0. The Morgan fingerprint density at radius 1 is 1.69 bits per heavy atom. The molecule has 0 aromatic rings. The Morgan fingerprint density at radius 3 is 3.31 bits per heavy atom. The zero-order valence-corrected chi connectivity index (χ0v) is 8.34. The molecule has 1 heteroatoms.